The normalized spacial score (nSPS) is 11.3. The summed E-state index contributed by atoms with van der Waals surface area (Å²) in [4.78, 5) is 12.9. The Morgan fingerprint density at radius 2 is 1.65 bits per heavy atom. The van der Waals surface area contributed by atoms with Crippen molar-refractivity contribution in [3.63, 3.8) is 0 Å². The van der Waals surface area contributed by atoms with E-state index in [-0.39, 0.29) is 4.90 Å². The summed E-state index contributed by atoms with van der Waals surface area (Å²) < 4.78 is 40.1. The molecular formula is C30H28BrN3O5S. The smallest absolute Gasteiger partial charge is 0.264 e. The second-order valence-corrected chi connectivity index (χ2v) is 11.6. The molecule has 0 saturated carbocycles. The highest BCUT2D eigenvalue weighted by molar-refractivity contribution is 9.10. The number of hydrogen-bond donors (Lipinski definition) is 1. The highest BCUT2D eigenvalue weighted by Gasteiger charge is 2.27. The molecule has 0 aliphatic rings. The van der Waals surface area contributed by atoms with Crippen molar-refractivity contribution < 1.29 is 22.7 Å². The van der Waals surface area contributed by atoms with Crippen molar-refractivity contribution in [3.05, 3.63) is 118 Å². The number of nitrogens with one attached hydrogen (secondary N) is 1. The van der Waals surface area contributed by atoms with E-state index in [0.29, 0.717) is 29.4 Å². The Kier molecular flexibility index (Phi) is 9.57. The average Bonchev–Trinajstić information content (AvgIpc) is 2.96. The Morgan fingerprint density at radius 1 is 0.950 bits per heavy atom. The van der Waals surface area contributed by atoms with Gasteiger partial charge in [-0.2, -0.15) is 5.10 Å². The third-order valence-corrected chi connectivity index (χ3v) is 8.16. The second-order valence-electron chi connectivity index (χ2n) is 8.78. The second kappa shape index (κ2) is 13.3. The molecule has 0 aromatic heterocycles. The highest BCUT2D eigenvalue weighted by Crippen LogP contribution is 2.29. The maximum Gasteiger partial charge on any atom is 0.264 e. The molecule has 0 aliphatic carbocycles. The SMILES string of the molecule is COc1cc(/C=N\NC(=O)CN(c2ccc(Br)cc2)S(=O)(=O)c2ccc(C)cc2)ccc1OCc1ccccc1. The third-order valence-electron chi connectivity index (χ3n) is 5.84. The van der Waals surface area contributed by atoms with Crippen molar-refractivity contribution in [2.45, 2.75) is 18.4 Å². The Bertz CT molecular complexity index is 1580. The number of nitrogens with zero attached hydrogens (tertiary/aromatic N) is 2. The van der Waals surface area contributed by atoms with E-state index in [2.05, 4.69) is 26.5 Å². The van der Waals surface area contributed by atoms with Gasteiger partial charge in [0.25, 0.3) is 15.9 Å². The fraction of sp³-hybridized carbons (Fsp3) is 0.133. The minimum atomic E-state index is -4.02. The molecule has 0 atom stereocenters. The number of carbonyl (C=O) groups excluding carboxylic acids is 1. The minimum Gasteiger partial charge on any atom is -0.493 e. The number of rotatable bonds is 11. The minimum absolute atomic E-state index is 0.0824. The molecule has 0 spiro atoms. The van der Waals surface area contributed by atoms with Gasteiger partial charge in [-0.1, -0.05) is 64.0 Å². The van der Waals surface area contributed by atoms with Crippen molar-refractivity contribution >= 4 is 43.8 Å². The van der Waals surface area contributed by atoms with E-state index in [9.17, 15) is 13.2 Å². The molecule has 206 valence electrons. The van der Waals surface area contributed by atoms with Crippen LogP contribution in [0.25, 0.3) is 0 Å². The lowest BCUT2D eigenvalue weighted by Gasteiger charge is -2.23. The molecule has 0 radical (unpaired) electrons. The maximum absolute atomic E-state index is 13.5. The van der Waals surface area contributed by atoms with Crippen LogP contribution in [0.15, 0.2) is 112 Å². The molecule has 0 fully saturated rings. The summed E-state index contributed by atoms with van der Waals surface area (Å²) in [6.07, 6.45) is 1.44. The van der Waals surface area contributed by atoms with E-state index >= 15 is 0 Å². The highest BCUT2D eigenvalue weighted by atomic mass is 79.9. The van der Waals surface area contributed by atoms with E-state index in [1.54, 1.807) is 61.7 Å². The Hall–Kier alpha value is -4.15. The fourth-order valence-electron chi connectivity index (χ4n) is 3.72. The lowest BCUT2D eigenvalue weighted by Crippen LogP contribution is -2.39. The van der Waals surface area contributed by atoms with Crippen LogP contribution in [0.5, 0.6) is 11.5 Å². The molecule has 0 aliphatic heterocycles. The number of benzene rings is 4. The van der Waals surface area contributed by atoms with Gasteiger partial charge in [0.15, 0.2) is 11.5 Å². The molecule has 40 heavy (non-hydrogen) atoms. The first-order chi connectivity index (χ1) is 19.3. The van der Waals surface area contributed by atoms with E-state index < -0.39 is 22.5 Å². The number of amides is 1. The lowest BCUT2D eigenvalue weighted by atomic mass is 10.2. The molecule has 10 heteroatoms. The Labute approximate surface area is 242 Å². The lowest BCUT2D eigenvalue weighted by molar-refractivity contribution is -0.119. The van der Waals surface area contributed by atoms with Crippen molar-refractivity contribution in [1.29, 1.82) is 0 Å². The van der Waals surface area contributed by atoms with E-state index in [1.165, 1.54) is 18.3 Å². The summed E-state index contributed by atoms with van der Waals surface area (Å²) in [5, 5.41) is 4.02. The van der Waals surface area contributed by atoms with Crippen LogP contribution in [0.3, 0.4) is 0 Å². The van der Waals surface area contributed by atoms with Gasteiger partial charge in [-0.15, -0.1) is 0 Å². The van der Waals surface area contributed by atoms with Gasteiger partial charge >= 0.3 is 0 Å². The van der Waals surface area contributed by atoms with Crippen LogP contribution >= 0.6 is 15.9 Å². The van der Waals surface area contributed by atoms with Crippen LogP contribution in [0.4, 0.5) is 5.69 Å². The van der Waals surface area contributed by atoms with Gasteiger partial charge in [-0.25, -0.2) is 13.8 Å². The monoisotopic (exact) mass is 621 g/mol. The van der Waals surface area contributed by atoms with Crippen molar-refractivity contribution in [2.24, 2.45) is 5.10 Å². The molecule has 0 bridgehead atoms. The predicted octanol–water partition coefficient (Wildman–Crippen LogP) is 5.69. The molecule has 0 heterocycles. The quantitative estimate of drug-likeness (QED) is 0.171. The topological polar surface area (TPSA) is 97.3 Å². The summed E-state index contributed by atoms with van der Waals surface area (Å²) in [5.41, 5.74) is 5.37. The average molecular weight is 623 g/mol. The van der Waals surface area contributed by atoms with Gasteiger partial charge in [0.1, 0.15) is 13.2 Å². The van der Waals surface area contributed by atoms with Gasteiger partial charge in [-0.05, 0) is 72.6 Å². The van der Waals surface area contributed by atoms with Crippen LogP contribution < -0.4 is 19.2 Å². The van der Waals surface area contributed by atoms with Crippen LogP contribution in [0.2, 0.25) is 0 Å². The molecular weight excluding hydrogens is 594 g/mol. The molecule has 0 saturated heterocycles. The summed E-state index contributed by atoms with van der Waals surface area (Å²) in [7, 11) is -2.48. The summed E-state index contributed by atoms with van der Waals surface area (Å²) in [6, 6.07) is 28.2. The maximum atomic E-state index is 13.5. The number of hydrogen-bond acceptors (Lipinski definition) is 6. The van der Waals surface area contributed by atoms with Crippen molar-refractivity contribution in [2.75, 3.05) is 18.0 Å². The molecule has 4 aromatic rings. The molecule has 1 N–H and O–H groups in total. The largest absolute Gasteiger partial charge is 0.493 e. The molecule has 0 unspecified atom stereocenters. The van der Waals surface area contributed by atoms with Gasteiger partial charge in [0.2, 0.25) is 0 Å². The van der Waals surface area contributed by atoms with Crippen LogP contribution in [0.1, 0.15) is 16.7 Å². The first kappa shape index (κ1) is 28.8. The molecule has 4 aromatic carbocycles. The standard InChI is InChI=1S/C30H28BrN3O5S/c1-22-8-15-27(16-9-22)40(36,37)34(26-13-11-25(31)12-14-26)20-30(35)33-32-19-24-10-17-28(29(18-24)38-2)39-21-23-6-4-3-5-7-23/h3-19H,20-21H2,1-2H3,(H,33,35)/b32-19-. The summed E-state index contributed by atoms with van der Waals surface area (Å²) in [6.45, 7) is 1.79. The molecule has 4 rings (SSSR count). The number of hydrazone groups is 1. The third kappa shape index (κ3) is 7.49. The Morgan fingerprint density at radius 3 is 2.33 bits per heavy atom. The number of halogens is 1. The zero-order valence-corrected chi connectivity index (χ0v) is 24.4. The van der Waals surface area contributed by atoms with Crippen LogP contribution in [-0.4, -0.2) is 34.2 Å². The zero-order chi connectivity index (χ0) is 28.5. The van der Waals surface area contributed by atoms with Gasteiger partial charge in [0.05, 0.1) is 23.9 Å². The number of anilines is 1. The van der Waals surface area contributed by atoms with Crippen LogP contribution in [-0.2, 0) is 21.4 Å². The number of aryl methyl sites for hydroxylation is 1. The first-order valence-corrected chi connectivity index (χ1v) is 14.5. The van der Waals surface area contributed by atoms with Crippen LogP contribution in [0, 0.1) is 6.92 Å². The summed E-state index contributed by atoms with van der Waals surface area (Å²) >= 11 is 3.36. The van der Waals surface area contributed by atoms with Crippen molar-refractivity contribution in [1.82, 2.24) is 5.43 Å². The van der Waals surface area contributed by atoms with Gasteiger partial charge in [-0.3, -0.25) is 9.10 Å². The first-order valence-electron chi connectivity index (χ1n) is 12.3. The van der Waals surface area contributed by atoms with Crippen molar-refractivity contribution in [3.8, 4) is 11.5 Å². The van der Waals surface area contributed by atoms with Gasteiger partial charge < -0.3 is 9.47 Å². The number of carbonyl (C=O) groups is 1. The van der Waals surface area contributed by atoms with Gasteiger partial charge in [0, 0.05) is 4.47 Å². The fourth-order valence-corrected chi connectivity index (χ4v) is 5.41. The van der Waals surface area contributed by atoms with E-state index in [4.69, 9.17) is 9.47 Å². The summed E-state index contributed by atoms with van der Waals surface area (Å²) in [5.74, 6) is 0.473. The molecule has 1 amide bonds. The van der Waals surface area contributed by atoms with E-state index in [0.717, 1.165) is 19.9 Å². The predicted molar refractivity (Wildman–Crippen MR) is 159 cm³/mol. The number of methoxy groups -OCH3 is 1. The zero-order valence-electron chi connectivity index (χ0n) is 22.0. The number of sulfonamides is 1. The molecule has 8 nitrogen and oxygen atoms in total. The van der Waals surface area contributed by atoms with E-state index in [1.807, 2.05) is 37.3 Å². The number of ether oxygens (including phenoxy) is 2. The Balaban J connectivity index is 1.45.